The van der Waals surface area contributed by atoms with Crippen molar-refractivity contribution in [1.29, 1.82) is 0 Å². The number of hydrogen-bond acceptors (Lipinski definition) is 4. The minimum atomic E-state index is -0.449. The van der Waals surface area contributed by atoms with Crippen LogP contribution in [0.4, 0.5) is 0 Å². The van der Waals surface area contributed by atoms with Gasteiger partial charge < -0.3 is 4.74 Å². The molecule has 4 nitrogen and oxygen atoms in total. The van der Waals surface area contributed by atoms with Crippen molar-refractivity contribution in [1.82, 2.24) is 9.97 Å². The first-order valence-electron chi connectivity index (χ1n) is 9.48. The van der Waals surface area contributed by atoms with Gasteiger partial charge in [-0.05, 0) is 30.4 Å². The summed E-state index contributed by atoms with van der Waals surface area (Å²) in [6, 6.07) is 10.2. The van der Waals surface area contributed by atoms with E-state index in [1.807, 2.05) is 24.3 Å². The van der Waals surface area contributed by atoms with Gasteiger partial charge in [-0.15, -0.1) is 0 Å². The van der Waals surface area contributed by atoms with Gasteiger partial charge in [0.1, 0.15) is 0 Å². The van der Waals surface area contributed by atoms with E-state index in [2.05, 4.69) is 35.9 Å². The molecule has 0 fully saturated rings. The molecule has 2 aromatic rings. The highest BCUT2D eigenvalue weighted by Gasteiger charge is 2.08. The fourth-order valence-corrected chi connectivity index (χ4v) is 2.78. The van der Waals surface area contributed by atoms with Crippen molar-refractivity contribution in [2.45, 2.75) is 58.3 Å². The minimum absolute atomic E-state index is 0.102. The van der Waals surface area contributed by atoms with Crippen LogP contribution in [-0.2, 0) is 11.2 Å². The number of hydrogen-bond donors (Lipinski definition) is 0. The Balaban J connectivity index is 1.85. The van der Waals surface area contributed by atoms with E-state index < -0.39 is 5.97 Å². The van der Waals surface area contributed by atoms with Crippen LogP contribution in [0, 0.1) is 0 Å². The third-order valence-corrected chi connectivity index (χ3v) is 4.32. The average Bonchev–Trinajstić information content (AvgIpc) is 2.68. The number of carbonyl (C=O) groups excluding carboxylic acids is 1. The summed E-state index contributed by atoms with van der Waals surface area (Å²) < 4.78 is 5.20. The molecule has 4 heteroatoms. The smallest absolute Gasteiger partial charge is 0.338 e. The molecule has 0 aliphatic rings. The van der Waals surface area contributed by atoms with Crippen LogP contribution in [0.15, 0.2) is 54.9 Å². The van der Waals surface area contributed by atoms with Crippen molar-refractivity contribution in [2.75, 3.05) is 0 Å². The molecule has 0 amide bonds. The number of ether oxygens (including phenoxy) is 1. The number of rotatable bonds is 10. The predicted molar refractivity (Wildman–Crippen MR) is 104 cm³/mol. The molecule has 0 bridgehead atoms. The number of unbranched alkanes of at least 4 members (excludes halogenated alkanes) is 3. The SMILES string of the molecule is CCCCCCc1cnc(OC(=O)C=CC(CC)c2ccccc2)nc1. The van der Waals surface area contributed by atoms with Gasteiger partial charge in [-0.3, -0.25) is 0 Å². The second-order valence-electron chi connectivity index (χ2n) is 6.39. The molecule has 1 aromatic carbocycles. The summed E-state index contributed by atoms with van der Waals surface area (Å²) in [5.74, 6) is -0.259. The standard InChI is InChI=1S/C22H28N2O2/c1-3-5-6-8-11-18-16-23-22(24-17-18)26-21(25)15-14-19(4-2)20-12-9-7-10-13-20/h7,9-10,12-17,19H,3-6,8,11H2,1-2H3. The Hall–Kier alpha value is -2.49. The Morgan fingerprint density at radius 3 is 2.46 bits per heavy atom. The Morgan fingerprint density at radius 2 is 1.81 bits per heavy atom. The summed E-state index contributed by atoms with van der Waals surface area (Å²) in [6.07, 6.45) is 13.5. The second kappa shape index (κ2) is 11.2. The zero-order valence-corrected chi connectivity index (χ0v) is 15.7. The van der Waals surface area contributed by atoms with Gasteiger partial charge in [-0.2, -0.15) is 0 Å². The molecule has 0 radical (unpaired) electrons. The molecule has 26 heavy (non-hydrogen) atoms. The molecule has 0 saturated carbocycles. The lowest BCUT2D eigenvalue weighted by Crippen LogP contribution is -2.07. The number of allylic oxidation sites excluding steroid dienone is 1. The highest BCUT2D eigenvalue weighted by molar-refractivity contribution is 5.83. The monoisotopic (exact) mass is 352 g/mol. The molecule has 0 spiro atoms. The minimum Gasteiger partial charge on any atom is -0.388 e. The maximum absolute atomic E-state index is 12.0. The Kier molecular flexibility index (Phi) is 8.53. The largest absolute Gasteiger partial charge is 0.388 e. The molecule has 1 atom stereocenters. The third-order valence-electron chi connectivity index (χ3n) is 4.32. The lowest BCUT2D eigenvalue weighted by atomic mass is 9.96. The van der Waals surface area contributed by atoms with Gasteiger partial charge in [0, 0.05) is 24.4 Å². The molecule has 0 N–H and O–H groups in total. The molecule has 1 aromatic heterocycles. The Morgan fingerprint density at radius 1 is 1.08 bits per heavy atom. The van der Waals surface area contributed by atoms with E-state index in [-0.39, 0.29) is 11.9 Å². The fraction of sp³-hybridized carbons (Fsp3) is 0.409. The van der Waals surface area contributed by atoms with Crippen LogP contribution in [0.25, 0.3) is 0 Å². The third kappa shape index (κ3) is 6.79. The topological polar surface area (TPSA) is 52.1 Å². The van der Waals surface area contributed by atoms with Crippen LogP contribution < -0.4 is 4.74 Å². The van der Waals surface area contributed by atoms with E-state index in [0.717, 1.165) is 24.8 Å². The molecular formula is C22H28N2O2. The molecule has 0 aliphatic heterocycles. The molecule has 0 saturated heterocycles. The number of benzene rings is 1. The molecule has 2 rings (SSSR count). The van der Waals surface area contributed by atoms with Crippen LogP contribution >= 0.6 is 0 Å². The summed E-state index contributed by atoms with van der Waals surface area (Å²) in [5, 5.41) is 0. The number of carbonyl (C=O) groups is 1. The van der Waals surface area contributed by atoms with E-state index in [4.69, 9.17) is 4.74 Å². The highest BCUT2D eigenvalue weighted by Crippen LogP contribution is 2.20. The van der Waals surface area contributed by atoms with Crippen molar-refractivity contribution < 1.29 is 9.53 Å². The van der Waals surface area contributed by atoms with Gasteiger partial charge in [0.25, 0.3) is 0 Å². The van der Waals surface area contributed by atoms with Crippen molar-refractivity contribution in [2.24, 2.45) is 0 Å². The van der Waals surface area contributed by atoms with Crippen molar-refractivity contribution in [3.63, 3.8) is 0 Å². The average molecular weight is 352 g/mol. The van der Waals surface area contributed by atoms with E-state index in [1.54, 1.807) is 12.4 Å². The van der Waals surface area contributed by atoms with E-state index in [9.17, 15) is 4.79 Å². The molecular weight excluding hydrogens is 324 g/mol. The maximum atomic E-state index is 12.0. The van der Waals surface area contributed by atoms with Gasteiger partial charge in [-0.25, -0.2) is 14.8 Å². The summed E-state index contributed by atoms with van der Waals surface area (Å²) in [4.78, 5) is 20.3. The zero-order chi connectivity index (χ0) is 18.6. The summed E-state index contributed by atoms with van der Waals surface area (Å²) in [6.45, 7) is 4.29. The highest BCUT2D eigenvalue weighted by atomic mass is 16.5. The quantitative estimate of drug-likeness (QED) is 0.333. The van der Waals surface area contributed by atoms with Crippen molar-refractivity contribution in [3.05, 3.63) is 66.0 Å². The van der Waals surface area contributed by atoms with Crippen molar-refractivity contribution >= 4 is 5.97 Å². The molecule has 0 aliphatic carbocycles. The number of nitrogens with zero attached hydrogens (tertiary/aromatic N) is 2. The lowest BCUT2D eigenvalue weighted by molar-refractivity contribution is -0.129. The van der Waals surface area contributed by atoms with E-state index >= 15 is 0 Å². The lowest BCUT2D eigenvalue weighted by Gasteiger charge is -2.09. The van der Waals surface area contributed by atoms with Crippen LogP contribution in [-0.4, -0.2) is 15.9 Å². The molecule has 1 unspecified atom stereocenters. The van der Waals surface area contributed by atoms with Crippen molar-refractivity contribution in [3.8, 4) is 6.01 Å². The summed E-state index contributed by atoms with van der Waals surface area (Å²) >= 11 is 0. The first-order valence-corrected chi connectivity index (χ1v) is 9.48. The zero-order valence-electron chi connectivity index (χ0n) is 15.7. The van der Waals surface area contributed by atoms with Gasteiger partial charge in [-0.1, -0.05) is 69.5 Å². The summed E-state index contributed by atoms with van der Waals surface area (Å²) in [5.41, 5.74) is 2.26. The predicted octanol–water partition coefficient (Wildman–Crippen LogP) is 5.25. The number of aryl methyl sites for hydroxylation is 1. The number of esters is 1. The second-order valence-corrected chi connectivity index (χ2v) is 6.39. The maximum Gasteiger partial charge on any atom is 0.338 e. The first-order chi connectivity index (χ1) is 12.7. The molecule has 138 valence electrons. The summed E-state index contributed by atoms with van der Waals surface area (Å²) in [7, 11) is 0. The fourth-order valence-electron chi connectivity index (χ4n) is 2.78. The van der Waals surface area contributed by atoms with Gasteiger partial charge in [0.2, 0.25) is 0 Å². The van der Waals surface area contributed by atoms with Gasteiger partial charge in [0.15, 0.2) is 0 Å². The van der Waals surface area contributed by atoms with Gasteiger partial charge in [0.05, 0.1) is 0 Å². The number of aromatic nitrogens is 2. The van der Waals surface area contributed by atoms with E-state index in [0.29, 0.717) is 0 Å². The Labute approximate surface area is 156 Å². The normalized spacial score (nSPS) is 12.2. The van der Waals surface area contributed by atoms with Crippen LogP contribution in [0.5, 0.6) is 6.01 Å². The van der Waals surface area contributed by atoms with Crippen LogP contribution in [0.1, 0.15) is 63.0 Å². The van der Waals surface area contributed by atoms with Crippen LogP contribution in [0.2, 0.25) is 0 Å². The van der Waals surface area contributed by atoms with Crippen LogP contribution in [0.3, 0.4) is 0 Å². The first kappa shape index (κ1) is 19.8. The molecule has 1 heterocycles. The van der Waals surface area contributed by atoms with Gasteiger partial charge >= 0.3 is 12.0 Å². The van der Waals surface area contributed by atoms with E-state index in [1.165, 1.54) is 30.9 Å². The Bertz CT molecular complexity index is 681.